The minimum absolute atomic E-state index is 0.00206. The van der Waals surface area contributed by atoms with Crippen molar-refractivity contribution in [2.45, 2.75) is 44.9 Å². The number of amides is 2. The van der Waals surface area contributed by atoms with Gasteiger partial charge in [-0.3, -0.25) is 9.59 Å². The molecule has 0 saturated heterocycles. The molecular formula is C27H26N2O3. The molecule has 0 saturated carbocycles. The van der Waals surface area contributed by atoms with Crippen molar-refractivity contribution in [1.29, 1.82) is 0 Å². The average molecular weight is 427 g/mol. The largest absolute Gasteiger partial charge is 0.481 e. The molecule has 32 heavy (non-hydrogen) atoms. The number of benzene rings is 3. The maximum Gasteiger partial charge on any atom is 0.264 e. The molecule has 0 spiro atoms. The minimum Gasteiger partial charge on any atom is -0.481 e. The Kier molecular flexibility index (Phi) is 5.39. The van der Waals surface area contributed by atoms with E-state index in [1.165, 1.54) is 11.1 Å². The number of ether oxygens (including phenoxy) is 1. The summed E-state index contributed by atoms with van der Waals surface area (Å²) < 4.78 is 6.02. The third-order valence-electron chi connectivity index (χ3n) is 6.34. The highest BCUT2D eigenvalue weighted by molar-refractivity contribution is 6.04. The Labute approximate surface area is 188 Å². The fraction of sp³-hybridized carbons (Fsp3) is 0.259. The SMILES string of the molecule is C[C@@H]1Oc2ccc(NC(=O)c3ccccc3)cc2CN([C@@H]2CCCc3ccccc32)C1=O. The first-order valence-electron chi connectivity index (χ1n) is 11.1. The Morgan fingerprint density at radius 2 is 1.78 bits per heavy atom. The number of aryl methyl sites for hydroxylation is 1. The minimum atomic E-state index is -0.560. The Bertz CT molecular complexity index is 1160. The number of carbonyl (C=O) groups is 2. The maximum atomic E-state index is 13.3. The standard InChI is InChI=1S/C27H26N2O3/c1-18-27(31)29(24-13-7-11-19-8-5-6-12-23(19)24)17-21-16-22(14-15-25(21)32-18)28-26(30)20-9-3-2-4-10-20/h2-6,8-10,12,14-16,18,24H,7,11,13,17H2,1H3,(H,28,30)/t18-,24+/m0/s1. The van der Waals surface area contributed by atoms with Gasteiger partial charge in [0.25, 0.3) is 11.8 Å². The van der Waals surface area contributed by atoms with E-state index in [-0.39, 0.29) is 17.9 Å². The normalized spacial score (nSPS) is 19.9. The van der Waals surface area contributed by atoms with Gasteiger partial charge in [-0.25, -0.2) is 0 Å². The van der Waals surface area contributed by atoms with Crippen LogP contribution < -0.4 is 10.1 Å². The van der Waals surface area contributed by atoms with Gasteiger partial charge in [0.05, 0.1) is 12.6 Å². The summed E-state index contributed by atoms with van der Waals surface area (Å²) in [6.07, 6.45) is 2.48. The van der Waals surface area contributed by atoms with Crippen LogP contribution in [0.2, 0.25) is 0 Å². The quantitative estimate of drug-likeness (QED) is 0.632. The molecule has 1 aliphatic heterocycles. The van der Waals surface area contributed by atoms with Crippen molar-refractivity contribution in [3.63, 3.8) is 0 Å². The van der Waals surface area contributed by atoms with Crippen molar-refractivity contribution in [2.24, 2.45) is 0 Å². The van der Waals surface area contributed by atoms with Gasteiger partial charge in [-0.05, 0) is 67.6 Å². The predicted molar refractivity (Wildman–Crippen MR) is 124 cm³/mol. The first kappa shape index (κ1) is 20.3. The van der Waals surface area contributed by atoms with Crippen molar-refractivity contribution in [1.82, 2.24) is 4.90 Å². The lowest BCUT2D eigenvalue weighted by Crippen LogP contribution is -2.41. The molecule has 0 bridgehead atoms. The van der Waals surface area contributed by atoms with Crippen LogP contribution in [0.5, 0.6) is 5.75 Å². The maximum absolute atomic E-state index is 13.3. The van der Waals surface area contributed by atoms with E-state index in [2.05, 4.69) is 23.5 Å². The van der Waals surface area contributed by atoms with E-state index in [0.717, 1.165) is 24.8 Å². The summed E-state index contributed by atoms with van der Waals surface area (Å²) in [6, 6.07) is 23.2. The Balaban J connectivity index is 1.45. The lowest BCUT2D eigenvalue weighted by molar-refractivity contribution is -0.140. The van der Waals surface area contributed by atoms with Crippen molar-refractivity contribution < 1.29 is 14.3 Å². The van der Waals surface area contributed by atoms with Crippen LogP contribution in [0.3, 0.4) is 0 Å². The van der Waals surface area contributed by atoms with Crippen LogP contribution in [0.1, 0.15) is 52.9 Å². The molecule has 1 aliphatic carbocycles. The summed E-state index contributed by atoms with van der Waals surface area (Å²) in [5, 5.41) is 2.96. The third-order valence-corrected chi connectivity index (χ3v) is 6.34. The van der Waals surface area contributed by atoms with Crippen LogP contribution in [0.15, 0.2) is 72.8 Å². The van der Waals surface area contributed by atoms with Gasteiger partial charge in [0.15, 0.2) is 6.10 Å². The van der Waals surface area contributed by atoms with Crippen LogP contribution in [0, 0.1) is 0 Å². The predicted octanol–water partition coefficient (Wildman–Crippen LogP) is 5.13. The summed E-state index contributed by atoms with van der Waals surface area (Å²) in [6.45, 7) is 2.26. The molecule has 3 aromatic rings. The van der Waals surface area contributed by atoms with E-state index < -0.39 is 6.10 Å². The number of fused-ring (bicyclic) bond motifs is 2. The summed E-state index contributed by atoms with van der Waals surface area (Å²) in [7, 11) is 0. The van der Waals surface area contributed by atoms with E-state index >= 15 is 0 Å². The first-order chi connectivity index (χ1) is 15.6. The molecule has 2 atom stereocenters. The number of hydrogen-bond donors (Lipinski definition) is 1. The fourth-order valence-electron chi connectivity index (χ4n) is 4.74. The molecule has 2 aliphatic rings. The molecule has 2 amide bonds. The second-order valence-corrected chi connectivity index (χ2v) is 8.48. The molecule has 1 N–H and O–H groups in total. The lowest BCUT2D eigenvalue weighted by atomic mass is 9.86. The van der Waals surface area contributed by atoms with Crippen LogP contribution in [0.25, 0.3) is 0 Å². The van der Waals surface area contributed by atoms with Crippen molar-refractivity contribution in [2.75, 3.05) is 5.32 Å². The van der Waals surface area contributed by atoms with E-state index in [9.17, 15) is 9.59 Å². The van der Waals surface area contributed by atoms with Crippen molar-refractivity contribution in [3.8, 4) is 5.75 Å². The van der Waals surface area contributed by atoms with Gasteiger partial charge in [-0.15, -0.1) is 0 Å². The Morgan fingerprint density at radius 1 is 1.00 bits per heavy atom. The molecular weight excluding hydrogens is 400 g/mol. The topological polar surface area (TPSA) is 58.6 Å². The fourth-order valence-corrected chi connectivity index (χ4v) is 4.74. The molecule has 0 aromatic heterocycles. The van der Waals surface area contributed by atoms with Gasteiger partial charge in [0.1, 0.15) is 5.75 Å². The highest BCUT2D eigenvalue weighted by Crippen LogP contribution is 2.38. The van der Waals surface area contributed by atoms with E-state index in [4.69, 9.17) is 4.74 Å². The molecule has 5 heteroatoms. The molecule has 5 nitrogen and oxygen atoms in total. The van der Waals surface area contributed by atoms with Crippen molar-refractivity contribution >= 4 is 17.5 Å². The van der Waals surface area contributed by atoms with Gasteiger partial charge >= 0.3 is 0 Å². The highest BCUT2D eigenvalue weighted by Gasteiger charge is 2.35. The molecule has 162 valence electrons. The third kappa shape index (κ3) is 3.86. The zero-order chi connectivity index (χ0) is 22.1. The first-order valence-corrected chi connectivity index (χ1v) is 11.1. The lowest BCUT2D eigenvalue weighted by Gasteiger charge is -2.35. The second-order valence-electron chi connectivity index (χ2n) is 8.48. The van der Waals surface area contributed by atoms with Gasteiger partial charge in [-0.2, -0.15) is 0 Å². The summed E-state index contributed by atoms with van der Waals surface area (Å²) in [4.78, 5) is 27.9. The number of nitrogens with zero attached hydrogens (tertiary/aromatic N) is 1. The highest BCUT2D eigenvalue weighted by atomic mass is 16.5. The smallest absolute Gasteiger partial charge is 0.264 e. The van der Waals surface area contributed by atoms with Crippen LogP contribution in [-0.2, 0) is 17.8 Å². The average Bonchev–Trinajstić information content (AvgIpc) is 2.95. The van der Waals surface area contributed by atoms with Crippen LogP contribution in [0.4, 0.5) is 5.69 Å². The molecule has 5 rings (SSSR count). The van der Waals surface area contributed by atoms with Crippen LogP contribution in [-0.4, -0.2) is 22.8 Å². The summed E-state index contributed by atoms with van der Waals surface area (Å²) in [5.41, 5.74) is 4.74. The van der Waals surface area contributed by atoms with Gasteiger partial charge < -0.3 is 15.0 Å². The molecule has 0 radical (unpaired) electrons. The Morgan fingerprint density at radius 3 is 2.62 bits per heavy atom. The van der Waals surface area contributed by atoms with Crippen LogP contribution >= 0.6 is 0 Å². The number of carbonyl (C=O) groups excluding carboxylic acids is 2. The van der Waals surface area contributed by atoms with E-state index in [1.54, 1.807) is 12.1 Å². The van der Waals surface area contributed by atoms with E-state index in [0.29, 0.717) is 23.5 Å². The summed E-state index contributed by atoms with van der Waals surface area (Å²) >= 11 is 0. The number of nitrogens with one attached hydrogen (secondary N) is 1. The van der Waals surface area contributed by atoms with Gasteiger partial charge in [-0.1, -0.05) is 42.5 Å². The molecule has 0 unspecified atom stereocenters. The molecule has 1 heterocycles. The molecule has 3 aromatic carbocycles. The number of rotatable bonds is 3. The number of anilines is 1. The van der Waals surface area contributed by atoms with Gasteiger partial charge in [0.2, 0.25) is 0 Å². The zero-order valence-electron chi connectivity index (χ0n) is 18.1. The van der Waals surface area contributed by atoms with Gasteiger partial charge in [0, 0.05) is 16.8 Å². The number of hydrogen-bond acceptors (Lipinski definition) is 3. The second kappa shape index (κ2) is 8.50. The zero-order valence-corrected chi connectivity index (χ0v) is 18.1. The Hall–Kier alpha value is -3.60. The van der Waals surface area contributed by atoms with Crippen molar-refractivity contribution in [3.05, 3.63) is 95.1 Å². The molecule has 0 fully saturated rings. The monoisotopic (exact) mass is 426 g/mol. The van der Waals surface area contributed by atoms with E-state index in [1.807, 2.05) is 54.3 Å². The summed E-state index contributed by atoms with van der Waals surface area (Å²) in [5.74, 6) is 0.524.